The molecule has 0 saturated carbocycles. The van der Waals surface area contributed by atoms with E-state index in [1.807, 2.05) is 31.3 Å². The van der Waals surface area contributed by atoms with Gasteiger partial charge in [0, 0.05) is 73.3 Å². The molecule has 5 aromatic rings. The first-order valence-corrected chi connectivity index (χ1v) is 19.1. The molecule has 6 rings (SSSR count). The zero-order chi connectivity index (χ0) is 34.7. The maximum atomic E-state index is 14.0. The summed E-state index contributed by atoms with van der Waals surface area (Å²) in [5.41, 5.74) is 8.13. The first-order valence-electron chi connectivity index (χ1n) is 16.9. The second-order valence-corrected chi connectivity index (χ2v) is 15.6. The minimum absolute atomic E-state index is 0.248. The SMILES string of the molecule is COc1ccc(S(=O)(=O)N(CCCCNc2c3c([n+](C)c4ccc(Cl)cc24)CCCC3)CCNc2cc(C)[n+](C)c3ccc(Cl)cc23)cc1. The van der Waals surface area contributed by atoms with Gasteiger partial charge < -0.3 is 15.4 Å². The van der Waals surface area contributed by atoms with Crippen molar-refractivity contribution in [3.05, 3.63) is 93.7 Å². The number of nitrogens with zero attached hydrogens (tertiary/aromatic N) is 3. The van der Waals surface area contributed by atoms with Gasteiger partial charge in [-0.1, -0.05) is 23.2 Å². The Morgan fingerprint density at radius 2 is 1.47 bits per heavy atom. The summed E-state index contributed by atoms with van der Waals surface area (Å²) in [5.74, 6) is 0.613. The molecule has 0 aliphatic heterocycles. The van der Waals surface area contributed by atoms with Crippen molar-refractivity contribution in [1.29, 1.82) is 0 Å². The third-order valence-electron chi connectivity index (χ3n) is 9.74. The molecule has 2 heterocycles. The Morgan fingerprint density at radius 1 is 0.796 bits per heavy atom. The lowest BCUT2D eigenvalue weighted by atomic mass is 9.92. The largest absolute Gasteiger partial charge is 0.497 e. The number of sulfonamides is 1. The Kier molecular flexibility index (Phi) is 10.8. The summed E-state index contributed by atoms with van der Waals surface area (Å²) in [6.07, 6.45) is 5.97. The maximum Gasteiger partial charge on any atom is 0.243 e. The number of pyridine rings is 2. The molecule has 0 fully saturated rings. The molecule has 3 aromatic carbocycles. The third-order valence-corrected chi connectivity index (χ3v) is 12.1. The van der Waals surface area contributed by atoms with Crippen LogP contribution in [0.4, 0.5) is 11.4 Å². The molecule has 2 aromatic heterocycles. The lowest BCUT2D eigenvalue weighted by molar-refractivity contribution is -0.653. The van der Waals surface area contributed by atoms with Crippen LogP contribution in [0.15, 0.2) is 71.6 Å². The fraction of sp³-hybridized carbons (Fsp3) is 0.368. The topological polar surface area (TPSA) is 78.4 Å². The summed E-state index contributed by atoms with van der Waals surface area (Å²) in [6.45, 7) is 3.90. The Balaban J connectivity index is 1.18. The van der Waals surface area contributed by atoms with E-state index in [0.717, 1.165) is 69.7 Å². The van der Waals surface area contributed by atoms with Crippen LogP contribution in [0.5, 0.6) is 5.75 Å². The number of ether oxygens (including phenoxy) is 1. The molecular formula is C38H45Cl2N5O3S+2. The number of unbranched alkanes of at least 4 members (excludes halogenated alkanes) is 1. The molecule has 8 nitrogen and oxygen atoms in total. The zero-order valence-corrected chi connectivity index (χ0v) is 31.0. The van der Waals surface area contributed by atoms with Gasteiger partial charge in [-0.05, 0) is 80.6 Å². The van der Waals surface area contributed by atoms with Crippen molar-refractivity contribution in [3.8, 4) is 5.75 Å². The Bertz CT molecular complexity index is 2110. The van der Waals surface area contributed by atoms with Crippen LogP contribution >= 0.6 is 23.2 Å². The van der Waals surface area contributed by atoms with E-state index in [-0.39, 0.29) is 4.90 Å². The van der Waals surface area contributed by atoms with Crippen molar-refractivity contribution >= 4 is 66.4 Å². The molecule has 0 unspecified atom stereocenters. The average Bonchev–Trinajstić information content (AvgIpc) is 3.10. The molecule has 0 bridgehead atoms. The van der Waals surface area contributed by atoms with Gasteiger partial charge in [-0.15, -0.1) is 0 Å². The lowest BCUT2D eigenvalue weighted by Gasteiger charge is -2.23. The van der Waals surface area contributed by atoms with Crippen LogP contribution in [0.25, 0.3) is 21.8 Å². The second kappa shape index (κ2) is 15.1. The average molecular weight is 723 g/mol. The number of aromatic nitrogens is 2. The zero-order valence-electron chi connectivity index (χ0n) is 28.7. The Labute approximate surface area is 299 Å². The standard InChI is InChI=1S/C38H43Cl2N5O3S/c1-26-23-34(32-24-27(39)11-17-36(32)43(26)2)41-20-22-45(49(46,47)30-15-13-29(48-4)14-16-30)21-8-7-19-42-38-31-9-5-6-10-35(31)44(3)37-18-12-28(40)25-33(37)38/h11-18,23-25H,5-10,19-22H2,1-4H3/p+2. The highest BCUT2D eigenvalue weighted by Gasteiger charge is 2.27. The number of halogens is 2. The van der Waals surface area contributed by atoms with Crippen LogP contribution in [-0.2, 0) is 37.0 Å². The number of rotatable bonds is 13. The molecule has 1 aliphatic rings. The van der Waals surface area contributed by atoms with Gasteiger partial charge in [0.1, 0.15) is 19.8 Å². The predicted octanol–water partition coefficient (Wildman–Crippen LogP) is 7.14. The van der Waals surface area contributed by atoms with Crippen LogP contribution < -0.4 is 24.5 Å². The van der Waals surface area contributed by atoms with Crippen molar-refractivity contribution in [2.24, 2.45) is 14.1 Å². The fourth-order valence-corrected chi connectivity index (χ4v) is 8.79. The summed E-state index contributed by atoms with van der Waals surface area (Å²) < 4.78 is 39.3. The smallest absolute Gasteiger partial charge is 0.243 e. The number of anilines is 2. The number of aryl methyl sites for hydroxylation is 3. The number of fused-ring (bicyclic) bond motifs is 3. The summed E-state index contributed by atoms with van der Waals surface area (Å²) in [5, 5.41) is 10.7. The highest BCUT2D eigenvalue weighted by Crippen LogP contribution is 2.34. The molecule has 1 aliphatic carbocycles. The molecular weight excluding hydrogens is 677 g/mol. The summed E-state index contributed by atoms with van der Waals surface area (Å²) in [6, 6.07) is 20.6. The van der Waals surface area contributed by atoms with E-state index >= 15 is 0 Å². The molecule has 0 atom stereocenters. The van der Waals surface area contributed by atoms with Crippen molar-refractivity contribution in [2.45, 2.75) is 50.3 Å². The Hall–Kier alpha value is -3.63. The lowest BCUT2D eigenvalue weighted by Crippen LogP contribution is -2.38. The number of methoxy groups -OCH3 is 1. The summed E-state index contributed by atoms with van der Waals surface area (Å²) in [4.78, 5) is 0.248. The fourth-order valence-electron chi connectivity index (χ4n) is 6.97. The molecule has 0 radical (unpaired) electrons. The van der Waals surface area contributed by atoms with E-state index in [2.05, 4.69) is 51.9 Å². The molecule has 0 saturated heterocycles. The van der Waals surface area contributed by atoms with Crippen molar-refractivity contribution in [2.75, 3.05) is 43.9 Å². The minimum Gasteiger partial charge on any atom is -0.497 e. The molecule has 258 valence electrons. The van der Waals surface area contributed by atoms with Crippen LogP contribution in [0, 0.1) is 6.92 Å². The summed E-state index contributed by atoms with van der Waals surface area (Å²) in [7, 11) is 1.98. The highest BCUT2D eigenvalue weighted by molar-refractivity contribution is 7.89. The van der Waals surface area contributed by atoms with E-state index < -0.39 is 10.0 Å². The van der Waals surface area contributed by atoms with E-state index in [1.54, 1.807) is 35.7 Å². The molecule has 0 amide bonds. The van der Waals surface area contributed by atoms with Gasteiger partial charge in [0.15, 0.2) is 11.4 Å². The van der Waals surface area contributed by atoms with Gasteiger partial charge in [0.2, 0.25) is 21.1 Å². The quantitative estimate of drug-likeness (QED) is 0.0999. The minimum atomic E-state index is -3.76. The third kappa shape index (κ3) is 7.45. The Morgan fingerprint density at radius 3 is 2.18 bits per heavy atom. The van der Waals surface area contributed by atoms with Gasteiger partial charge in [-0.25, -0.2) is 8.42 Å². The number of hydrogen-bond acceptors (Lipinski definition) is 5. The normalized spacial score (nSPS) is 13.2. The monoisotopic (exact) mass is 721 g/mol. The molecule has 11 heteroatoms. The van der Waals surface area contributed by atoms with Gasteiger partial charge in [-0.3, -0.25) is 0 Å². The van der Waals surface area contributed by atoms with Gasteiger partial charge in [-0.2, -0.15) is 13.4 Å². The van der Waals surface area contributed by atoms with Crippen LogP contribution in [0.1, 0.15) is 42.6 Å². The van der Waals surface area contributed by atoms with Crippen LogP contribution in [0.2, 0.25) is 10.0 Å². The molecule has 2 N–H and O–H groups in total. The van der Waals surface area contributed by atoms with E-state index in [9.17, 15) is 8.42 Å². The van der Waals surface area contributed by atoms with Gasteiger partial charge in [0.25, 0.3) is 0 Å². The van der Waals surface area contributed by atoms with Crippen LogP contribution in [0.3, 0.4) is 0 Å². The van der Waals surface area contributed by atoms with Crippen molar-refractivity contribution in [1.82, 2.24) is 4.31 Å². The van der Waals surface area contributed by atoms with E-state index in [0.29, 0.717) is 36.8 Å². The van der Waals surface area contributed by atoms with Gasteiger partial charge in [0.05, 0.1) is 34.2 Å². The number of benzene rings is 3. The maximum absolute atomic E-state index is 14.0. The molecule has 49 heavy (non-hydrogen) atoms. The first kappa shape index (κ1) is 35.2. The highest BCUT2D eigenvalue weighted by atomic mass is 35.5. The molecule has 0 spiro atoms. The van der Waals surface area contributed by atoms with Crippen molar-refractivity contribution < 1.29 is 22.3 Å². The van der Waals surface area contributed by atoms with E-state index in [4.69, 9.17) is 27.9 Å². The second-order valence-electron chi connectivity index (χ2n) is 12.8. The first-order chi connectivity index (χ1) is 23.6. The van der Waals surface area contributed by atoms with Gasteiger partial charge >= 0.3 is 0 Å². The van der Waals surface area contributed by atoms with Crippen molar-refractivity contribution in [3.63, 3.8) is 0 Å². The predicted molar refractivity (Wildman–Crippen MR) is 200 cm³/mol. The van der Waals surface area contributed by atoms with E-state index in [1.165, 1.54) is 24.1 Å². The summed E-state index contributed by atoms with van der Waals surface area (Å²) >= 11 is 12.8. The number of nitrogens with one attached hydrogen (secondary N) is 2. The number of hydrogen-bond donors (Lipinski definition) is 2. The van der Waals surface area contributed by atoms with Crippen LogP contribution in [-0.4, -0.2) is 46.0 Å².